The number of halogens is 1. The molecule has 1 aliphatic heterocycles. The maximum absolute atomic E-state index is 11.3. The van der Waals surface area contributed by atoms with Gasteiger partial charge >= 0.3 is 0 Å². The van der Waals surface area contributed by atoms with E-state index in [-0.39, 0.29) is 12.5 Å². The number of hydrogen-bond donors (Lipinski definition) is 1. The van der Waals surface area contributed by atoms with Crippen LogP contribution in [0.5, 0.6) is 5.75 Å². The number of fused-ring (bicyclic) bond motifs is 3. The zero-order valence-corrected chi connectivity index (χ0v) is 9.62. The summed E-state index contributed by atoms with van der Waals surface area (Å²) in [5.41, 5.74) is 1.55. The van der Waals surface area contributed by atoms with Crippen LogP contribution in [0.25, 0.3) is 10.9 Å². The molecule has 3 rings (SSSR count). The van der Waals surface area contributed by atoms with Crippen molar-refractivity contribution in [3.05, 3.63) is 35.0 Å². The molecule has 2 aromatic rings. The Morgan fingerprint density at radius 1 is 1.47 bits per heavy atom. The van der Waals surface area contributed by atoms with E-state index in [1.54, 1.807) is 6.20 Å². The lowest BCUT2D eigenvalue weighted by atomic mass is 10.1. The Morgan fingerprint density at radius 2 is 2.35 bits per heavy atom. The summed E-state index contributed by atoms with van der Waals surface area (Å²) in [5.74, 6) is 0.504. The third kappa shape index (κ3) is 1.70. The first kappa shape index (κ1) is 10.4. The Balaban J connectivity index is 2.28. The molecule has 0 atom stereocenters. The highest BCUT2D eigenvalue weighted by molar-refractivity contribution is 6.35. The predicted octanol–water partition coefficient (Wildman–Crippen LogP) is 1.90. The molecule has 1 N–H and O–H groups in total. The fraction of sp³-hybridized carbons (Fsp3) is 0.167. The van der Waals surface area contributed by atoms with Gasteiger partial charge in [-0.2, -0.15) is 0 Å². The minimum absolute atomic E-state index is 0.0142. The van der Waals surface area contributed by atoms with Gasteiger partial charge in [-0.3, -0.25) is 9.78 Å². The summed E-state index contributed by atoms with van der Waals surface area (Å²) in [6.07, 6.45) is 1.68. The molecule has 1 aromatic heterocycles. The summed E-state index contributed by atoms with van der Waals surface area (Å²) >= 11 is 6.18. The summed E-state index contributed by atoms with van der Waals surface area (Å²) in [4.78, 5) is 15.6. The lowest BCUT2D eigenvalue weighted by molar-refractivity contribution is -0.122. The van der Waals surface area contributed by atoms with Crippen molar-refractivity contribution in [2.75, 3.05) is 6.61 Å². The Bertz CT molecular complexity index is 613. The number of nitrogens with one attached hydrogen (secondary N) is 1. The van der Waals surface area contributed by atoms with Gasteiger partial charge in [0.15, 0.2) is 12.4 Å². The SMILES string of the molecule is O=C1COc2c(cc(Cl)c3cccnc23)CN1. The number of aromatic nitrogens is 1. The number of amides is 1. The van der Waals surface area contributed by atoms with E-state index in [9.17, 15) is 4.79 Å². The number of carbonyl (C=O) groups excluding carboxylic acids is 1. The molecule has 86 valence electrons. The van der Waals surface area contributed by atoms with E-state index in [1.807, 2.05) is 18.2 Å². The number of nitrogens with zero attached hydrogens (tertiary/aromatic N) is 1. The van der Waals surface area contributed by atoms with Crippen LogP contribution in [0.1, 0.15) is 5.56 Å². The molecule has 17 heavy (non-hydrogen) atoms. The van der Waals surface area contributed by atoms with Crippen molar-refractivity contribution in [2.45, 2.75) is 6.54 Å². The number of ether oxygens (including phenoxy) is 1. The predicted molar refractivity (Wildman–Crippen MR) is 64.1 cm³/mol. The molecule has 0 radical (unpaired) electrons. The molecule has 0 bridgehead atoms. The quantitative estimate of drug-likeness (QED) is 0.775. The lowest BCUT2D eigenvalue weighted by Gasteiger charge is -2.10. The number of hydrogen-bond acceptors (Lipinski definition) is 3. The van der Waals surface area contributed by atoms with Gasteiger partial charge in [-0.05, 0) is 18.2 Å². The maximum atomic E-state index is 11.3. The van der Waals surface area contributed by atoms with Gasteiger partial charge in [0.05, 0.1) is 5.02 Å². The minimum atomic E-state index is -0.138. The zero-order chi connectivity index (χ0) is 11.8. The van der Waals surface area contributed by atoms with Crippen LogP contribution in [-0.2, 0) is 11.3 Å². The van der Waals surface area contributed by atoms with Crippen molar-refractivity contribution < 1.29 is 9.53 Å². The second-order valence-corrected chi connectivity index (χ2v) is 4.22. The monoisotopic (exact) mass is 248 g/mol. The summed E-state index contributed by atoms with van der Waals surface area (Å²) in [7, 11) is 0. The normalized spacial score (nSPS) is 14.8. The van der Waals surface area contributed by atoms with E-state index < -0.39 is 0 Å². The van der Waals surface area contributed by atoms with Crippen molar-refractivity contribution in [3.8, 4) is 5.75 Å². The van der Waals surface area contributed by atoms with Crippen LogP contribution in [0.4, 0.5) is 0 Å². The summed E-state index contributed by atoms with van der Waals surface area (Å²) in [6, 6.07) is 5.52. The van der Waals surface area contributed by atoms with Gasteiger partial charge in [0.2, 0.25) is 0 Å². The van der Waals surface area contributed by atoms with Crippen molar-refractivity contribution in [1.82, 2.24) is 10.3 Å². The second-order valence-electron chi connectivity index (χ2n) is 3.81. The highest BCUT2D eigenvalue weighted by Crippen LogP contribution is 2.34. The van der Waals surface area contributed by atoms with E-state index >= 15 is 0 Å². The van der Waals surface area contributed by atoms with Crippen molar-refractivity contribution in [2.24, 2.45) is 0 Å². The van der Waals surface area contributed by atoms with Crippen molar-refractivity contribution in [3.63, 3.8) is 0 Å². The van der Waals surface area contributed by atoms with E-state index in [4.69, 9.17) is 16.3 Å². The number of carbonyl (C=O) groups is 1. The third-order valence-electron chi connectivity index (χ3n) is 2.70. The van der Waals surface area contributed by atoms with Crippen molar-refractivity contribution >= 4 is 28.4 Å². The molecule has 4 nitrogen and oxygen atoms in total. The van der Waals surface area contributed by atoms with E-state index in [1.165, 1.54) is 0 Å². The fourth-order valence-electron chi connectivity index (χ4n) is 1.90. The van der Waals surface area contributed by atoms with Gasteiger partial charge in [0.1, 0.15) is 5.52 Å². The van der Waals surface area contributed by atoms with Gasteiger partial charge in [0, 0.05) is 23.7 Å². The Kier molecular flexibility index (Phi) is 2.37. The third-order valence-corrected chi connectivity index (χ3v) is 3.01. The minimum Gasteiger partial charge on any atom is -0.481 e. The Labute approximate surface area is 103 Å². The van der Waals surface area contributed by atoms with Crippen LogP contribution in [0.15, 0.2) is 24.4 Å². The topological polar surface area (TPSA) is 51.2 Å². The first-order valence-corrected chi connectivity index (χ1v) is 5.59. The molecule has 0 aliphatic carbocycles. The largest absolute Gasteiger partial charge is 0.481 e. The van der Waals surface area contributed by atoms with E-state index in [2.05, 4.69) is 10.3 Å². The highest BCUT2D eigenvalue weighted by atomic mass is 35.5. The molecule has 0 spiro atoms. The average molecular weight is 249 g/mol. The van der Waals surface area contributed by atoms with Gasteiger partial charge in [-0.1, -0.05) is 11.6 Å². The van der Waals surface area contributed by atoms with Gasteiger partial charge in [0.25, 0.3) is 5.91 Å². The molecule has 1 aliphatic rings. The van der Waals surface area contributed by atoms with Crippen LogP contribution in [0, 0.1) is 0 Å². The molecule has 0 fully saturated rings. The molecule has 0 unspecified atom stereocenters. The summed E-state index contributed by atoms with van der Waals surface area (Å²) in [6.45, 7) is 0.431. The van der Waals surface area contributed by atoms with Crippen molar-refractivity contribution in [1.29, 1.82) is 0 Å². The second kappa shape index (κ2) is 3.89. The maximum Gasteiger partial charge on any atom is 0.258 e. The van der Waals surface area contributed by atoms with Crippen LogP contribution in [0.3, 0.4) is 0 Å². The lowest BCUT2D eigenvalue weighted by Crippen LogP contribution is -2.25. The molecular weight excluding hydrogens is 240 g/mol. The average Bonchev–Trinajstić information content (AvgIpc) is 2.53. The Morgan fingerprint density at radius 3 is 3.24 bits per heavy atom. The van der Waals surface area contributed by atoms with Gasteiger partial charge in [-0.25, -0.2) is 0 Å². The number of rotatable bonds is 0. The first-order chi connectivity index (χ1) is 8.25. The highest BCUT2D eigenvalue weighted by Gasteiger charge is 2.18. The summed E-state index contributed by atoms with van der Waals surface area (Å²) in [5, 5.41) is 4.19. The fourth-order valence-corrected chi connectivity index (χ4v) is 2.19. The zero-order valence-electron chi connectivity index (χ0n) is 8.87. The van der Waals surface area contributed by atoms with Crippen LogP contribution >= 0.6 is 11.6 Å². The number of benzene rings is 1. The number of pyridine rings is 1. The molecule has 0 saturated carbocycles. The summed E-state index contributed by atoms with van der Waals surface area (Å²) < 4.78 is 5.50. The van der Waals surface area contributed by atoms with Crippen LogP contribution in [0.2, 0.25) is 5.02 Å². The molecule has 1 amide bonds. The van der Waals surface area contributed by atoms with Crippen LogP contribution in [-0.4, -0.2) is 17.5 Å². The molecule has 1 aromatic carbocycles. The molecule has 2 heterocycles. The van der Waals surface area contributed by atoms with Gasteiger partial charge < -0.3 is 10.1 Å². The van der Waals surface area contributed by atoms with E-state index in [0.29, 0.717) is 22.8 Å². The van der Waals surface area contributed by atoms with Gasteiger partial charge in [-0.15, -0.1) is 0 Å². The van der Waals surface area contributed by atoms with Crippen LogP contribution < -0.4 is 10.1 Å². The molecule has 0 saturated heterocycles. The molecular formula is C12H9ClN2O2. The first-order valence-electron chi connectivity index (χ1n) is 5.21. The molecule has 5 heteroatoms. The standard InChI is InChI=1S/C12H9ClN2O2/c13-9-4-7-5-15-10(16)6-17-12(7)11-8(9)2-1-3-14-11/h1-4H,5-6H2,(H,15,16). The van der Waals surface area contributed by atoms with E-state index in [0.717, 1.165) is 10.9 Å². The smallest absolute Gasteiger partial charge is 0.258 e. The Hall–Kier alpha value is -1.81.